The number of hydrogen-bond acceptors (Lipinski definition) is 4. The molecular weight excluding hydrogens is 367 g/mol. The lowest BCUT2D eigenvalue weighted by molar-refractivity contribution is -0.137. The first kappa shape index (κ1) is 17.8. The summed E-state index contributed by atoms with van der Waals surface area (Å²) in [4.78, 5) is 11.6. The molecule has 0 fully saturated rings. The molecule has 0 atom stereocenters. The van der Waals surface area contributed by atoms with Gasteiger partial charge in [0.25, 0.3) is 0 Å². The number of fused-ring (bicyclic) bond motifs is 1. The molecule has 0 radical (unpaired) electrons. The number of nitrogens with zero attached hydrogens (tertiary/aromatic N) is 2. The smallest absolute Gasteiger partial charge is 0.359 e. The zero-order chi connectivity index (χ0) is 19.7. The Labute approximate surface area is 158 Å². The second kappa shape index (κ2) is 6.88. The fourth-order valence-corrected chi connectivity index (χ4v) is 2.89. The van der Waals surface area contributed by atoms with Gasteiger partial charge in [-0.2, -0.15) is 18.2 Å². The topological polar surface area (TPSA) is 65.6 Å². The Balaban J connectivity index is 1.54. The molecule has 2 aromatic carbocycles. The van der Waals surface area contributed by atoms with Crippen LogP contribution in [-0.4, -0.2) is 15.0 Å². The monoisotopic (exact) mass is 383 g/mol. The molecule has 8 heteroatoms. The molecule has 3 N–H and O–H groups in total. The minimum absolute atomic E-state index is 0.197. The lowest BCUT2D eigenvalue weighted by Gasteiger charge is -2.11. The summed E-state index contributed by atoms with van der Waals surface area (Å²) in [6.07, 6.45) is -2.87. The largest absolute Gasteiger partial charge is 0.416 e. The first-order chi connectivity index (χ1) is 13.4. The molecule has 0 aliphatic rings. The van der Waals surface area contributed by atoms with Crippen molar-refractivity contribution in [3.63, 3.8) is 0 Å². The van der Waals surface area contributed by atoms with Gasteiger partial charge in [-0.25, -0.2) is 4.98 Å². The molecule has 0 amide bonds. The lowest BCUT2D eigenvalue weighted by Crippen LogP contribution is -2.06. The summed E-state index contributed by atoms with van der Waals surface area (Å²) in [7, 11) is 0. The number of anilines is 4. The maximum absolute atomic E-state index is 12.9. The third kappa shape index (κ3) is 3.90. The number of hydrogen-bond donors (Lipinski definition) is 3. The molecule has 4 rings (SSSR count). The van der Waals surface area contributed by atoms with E-state index in [-0.39, 0.29) is 11.6 Å². The highest BCUT2D eigenvalue weighted by molar-refractivity contribution is 5.84. The summed E-state index contributed by atoms with van der Waals surface area (Å²) in [5.74, 6) is 0.721. The van der Waals surface area contributed by atoms with Crippen molar-refractivity contribution in [2.75, 3.05) is 10.6 Å². The zero-order valence-electron chi connectivity index (χ0n) is 14.8. The van der Waals surface area contributed by atoms with Crippen LogP contribution < -0.4 is 10.6 Å². The molecule has 0 spiro atoms. The minimum Gasteiger partial charge on any atom is -0.359 e. The summed E-state index contributed by atoms with van der Waals surface area (Å²) in [6, 6.07) is 14.5. The summed E-state index contributed by atoms with van der Waals surface area (Å²) in [5, 5.41) is 7.06. The number of benzene rings is 2. The fourth-order valence-electron chi connectivity index (χ4n) is 2.89. The quantitative estimate of drug-likeness (QED) is 0.418. The van der Waals surface area contributed by atoms with E-state index in [0.29, 0.717) is 5.82 Å². The summed E-state index contributed by atoms with van der Waals surface area (Å²) in [5.41, 5.74) is 2.48. The molecule has 0 unspecified atom stereocenters. The van der Waals surface area contributed by atoms with Crippen LogP contribution in [0.2, 0.25) is 0 Å². The summed E-state index contributed by atoms with van der Waals surface area (Å²) >= 11 is 0. The van der Waals surface area contributed by atoms with Gasteiger partial charge in [0.15, 0.2) is 0 Å². The first-order valence-electron chi connectivity index (χ1n) is 8.50. The fraction of sp³-hybridized carbons (Fsp3) is 0.100. The standard InChI is InChI=1S/C20H16F3N5/c1-12-9-13-10-16(5-6-17(13)25-12)26-18-7-8-24-19(28-18)27-15-4-2-3-14(11-15)20(21,22)23/h2-11,25H,1H3,(H2,24,26,27,28). The van der Waals surface area contributed by atoms with Crippen molar-refractivity contribution in [2.24, 2.45) is 0 Å². The first-order valence-corrected chi connectivity index (χ1v) is 8.50. The molecule has 0 saturated heterocycles. The van der Waals surface area contributed by atoms with Crippen molar-refractivity contribution in [3.8, 4) is 0 Å². The van der Waals surface area contributed by atoms with Gasteiger partial charge in [-0.3, -0.25) is 0 Å². The number of aryl methyl sites for hydroxylation is 1. The van der Waals surface area contributed by atoms with Crippen molar-refractivity contribution in [2.45, 2.75) is 13.1 Å². The van der Waals surface area contributed by atoms with Crippen molar-refractivity contribution in [1.29, 1.82) is 0 Å². The SMILES string of the molecule is Cc1cc2cc(Nc3ccnc(Nc4cccc(C(F)(F)F)c4)n3)ccc2[nH]1. The van der Waals surface area contributed by atoms with E-state index in [4.69, 9.17) is 0 Å². The van der Waals surface area contributed by atoms with E-state index in [0.717, 1.165) is 34.4 Å². The zero-order valence-corrected chi connectivity index (χ0v) is 14.8. The van der Waals surface area contributed by atoms with Crippen molar-refractivity contribution in [3.05, 3.63) is 72.1 Å². The van der Waals surface area contributed by atoms with E-state index in [1.165, 1.54) is 18.3 Å². The molecule has 2 aromatic heterocycles. The number of alkyl halides is 3. The molecule has 2 heterocycles. The van der Waals surface area contributed by atoms with Gasteiger partial charge in [0.1, 0.15) is 5.82 Å². The number of aromatic amines is 1. The lowest BCUT2D eigenvalue weighted by atomic mass is 10.2. The van der Waals surface area contributed by atoms with E-state index in [1.54, 1.807) is 6.07 Å². The van der Waals surface area contributed by atoms with Gasteiger partial charge in [0, 0.05) is 34.2 Å². The van der Waals surface area contributed by atoms with Crippen LogP contribution in [0.1, 0.15) is 11.3 Å². The van der Waals surface area contributed by atoms with E-state index in [2.05, 4.69) is 25.6 Å². The Morgan fingerprint density at radius 1 is 0.929 bits per heavy atom. The molecule has 0 saturated carbocycles. The van der Waals surface area contributed by atoms with Gasteiger partial charge >= 0.3 is 6.18 Å². The Morgan fingerprint density at radius 2 is 1.75 bits per heavy atom. The van der Waals surface area contributed by atoms with E-state index in [1.807, 2.05) is 31.2 Å². The Bertz CT molecular complexity index is 1130. The highest BCUT2D eigenvalue weighted by atomic mass is 19.4. The van der Waals surface area contributed by atoms with Crippen LogP contribution in [-0.2, 0) is 6.18 Å². The van der Waals surface area contributed by atoms with Crippen molar-refractivity contribution >= 4 is 34.0 Å². The van der Waals surface area contributed by atoms with Crippen LogP contribution in [0.25, 0.3) is 10.9 Å². The van der Waals surface area contributed by atoms with Crippen LogP contribution in [0.3, 0.4) is 0 Å². The Hall–Kier alpha value is -3.55. The molecular formula is C20H16F3N5. The van der Waals surface area contributed by atoms with Crippen LogP contribution in [0.15, 0.2) is 60.8 Å². The number of aromatic nitrogens is 3. The summed E-state index contributed by atoms with van der Waals surface area (Å²) < 4.78 is 38.6. The van der Waals surface area contributed by atoms with E-state index >= 15 is 0 Å². The van der Waals surface area contributed by atoms with Crippen LogP contribution >= 0.6 is 0 Å². The Morgan fingerprint density at radius 3 is 2.57 bits per heavy atom. The average Bonchev–Trinajstić information content (AvgIpc) is 3.01. The molecule has 0 aliphatic heterocycles. The number of H-pyrrole nitrogens is 1. The molecule has 142 valence electrons. The highest BCUT2D eigenvalue weighted by Gasteiger charge is 2.30. The third-order valence-electron chi connectivity index (χ3n) is 4.13. The Kier molecular flexibility index (Phi) is 4.38. The van der Waals surface area contributed by atoms with Crippen LogP contribution in [0, 0.1) is 6.92 Å². The molecule has 5 nitrogen and oxygen atoms in total. The molecule has 0 aliphatic carbocycles. The molecule has 0 bridgehead atoms. The predicted octanol–water partition coefficient (Wildman–Crippen LogP) is 5.77. The average molecular weight is 383 g/mol. The van der Waals surface area contributed by atoms with Gasteiger partial charge < -0.3 is 15.6 Å². The van der Waals surface area contributed by atoms with Gasteiger partial charge in [-0.15, -0.1) is 0 Å². The van der Waals surface area contributed by atoms with Crippen molar-refractivity contribution in [1.82, 2.24) is 15.0 Å². The molecule has 4 aromatic rings. The number of nitrogens with one attached hydrogen (secondary N) is 3. The van der Waals surface area contributed by atoms with E-state index < -0.39 is 11.7 Å². The maximum Gasteiger partial charge on any atom is 0.416 e. The third-order valence-corrected chi connectivity index (χ3v) is 4.13. The summed E-state index contributed by atoms with van der Waals surface area (Å²) in [6.45, 7) is 1.99. The second-order valence-corrected chi connectivity index (χ2v) is 6.35. The maximum atomic E-state index is 12.9. The van der Waals surface area contributed by atoms with Crippen molar-refractivity contribution < 1.29 is 13.2 Å². The van der Waals surface area contributed by atoms with Gasteiger partial charge in [0.05, 0.1) is 5.56 Å². The second-order valence-electron chi connectivity index (χ2n) is 6.35. The van der Waals surface area contributed by atoms with Gasteiger partial charge in [-0.05, 0) is 55.5 Å². The number of rotatable bonds is 4. The van der Waals surface area contributed by atoms with Crippen LogP contribution in [0.5, 0.6) is 0 Å². The predicted molar refractivity (Wildman–Crippen MR) is 103 cm³/mol. The highest BCUT2D eigenvalue weighted by Crippen LogP contribution is 2.31. The number of halogens is 3. The molecule has 28 heavy (non-hydrogen) atoms. The van der Waals surface area contributed by atoms with Gasteiger partial charge in [0.2, 0.25) is 5.95 Å². The minimum atomic E-state index is -4.41. The van der Waals surface area contributed by atoms with Crippen LogP contribution in [0.4, 0.5) is 36.3 Å². The van der Waals surface area contributed by atoms with Gasteiger partial charge in [-0.1, -0.05) is 6.07 Å². The van der Waals surface area contributed by atoms with E-state index in [9.17, 15) is 13.2 Å². The normalized spacial score (nSPS) is 11.6.